The molecule has 0 fully saturated rings. The van der Waals surface area contributed by atoms with Gasteiger partial charge in [-0.15, -0.1) is 0 Å². The molecule has 6 nitrogen and oxygen atoms in total. The van der Waals surface area contributed by atoms with Gasteiger partial charge >= 0.3 is 0 Å². The van der Waals surface area contributed by atoms with Crippen LogP contribution in [0.15, 0.2) is 72.9 Å². The van der Waals surface area contributed by atoms with Gasteiger partial charge in [-0.25, -0.2) is 4.98 Å². The quantitative estimate of drug-likeness (QED) is 0.470. The van der Waals surface area contributed by atoms with Gasteiger partial charge in [-0.1, -0.05) is 66.9 Å². The number of carbonyl (C=O) groups excluding carboxylic acids is 2. The number of carbonyl (C=O) groups is 2. The van der Waals surface area contributed by atoms with E-state index in [4.69, 9.17) is 16.3 Å². The monoisotopic (exact) mass is 505 g/mol. The molecule has 0 saturated carbocycles. The van der Waals surface area contributed by atoms with Crippen LogP contribution in [-0.2, 0) is 6.42 Å². The van der Waals surface area contributed by atoms with Gasteiger partial charge < -0.3 is 14.5 Å². The van der Waals surface area contributed by atoms with Crippen molar-refractivity contribution in [3.8, 4) is 5.75 Å². The molecule has 36 heavy (non-hydrogen) atoms. The van der Waals surface area contributed by atoms with Crippen LogP contribution in [0.25, 0.3) is 0 Å². The number of benzene rings is 2. The third kappa shape index (κ3) is 6.64. The molecule has 0 bridgehead atoms. The second-order valence-corrected chi connectivity index (χ2v) is 9.59. The lowest BCUT2D eigenvalue weighted by Gasteiger charge is -2.32. The summed E-state index contributed by atoms with van der Waals surface area (Å²) in [6.07, 6.45) is 5.84. The molecule has 1 aliphatic heterocycles. The molecule has 2 heterocycles. The topological polar surface area (TPSA) is 62.7 Å². The van der Waals surface area contributed by atoms with Gasteiger partial charge in [-0.3, -0.25) is 9.59 Å². The van der Waals surface area contributed by atoms with Crippen LogP contribution in [0.5, 0.6) is 5.75 Å². The van der Waals surface area contributed by atoms with Crippen molar-refractivity contribution >= 4 is 23.4 Å². The van der Waals surface area contributed by atoms with Crippen molar-refractivity contribution in [3.05, 3.63) is 94.8 Å². The molecule has 0 spiro atoms. The fourth-order valence-corrected chi connectivity index (χ4v) is 4.60. The summed E-state index contributed by atoms with van der Waals surface area (Å²) in [6.45, 7) is 1.53. The minimum atomic E-state index is -0.249. The number of hydrogen-bond donors (Lipinski definition) is 0. The first kappa shape index (κ1) is 25.7. The fraction of sp³-hybridized carbons (Fsp3) is 0.345. The fourth-order valence-electron chi connectivity index (χ4n) is 4.49. The van der Waals surface area contributed by atoms with Crippen LogP contribution in [0.1, 0.15) is 52.1 Å². The maximum Gasteiger partial charge on any atom is 0.272 e. The van der Waals surface area contributed by atoms with Crippen molar-refractivity contribution in [2.45, 2.75) is 38.1 Å². The van der Waals surface area contributed by atoms with Crippen LogP contribution in [0.2, 0.25) is 5.02 Å². The smallest absolute Gasteiger partial charge is 0.272 e. The Morgan fingerprint density at radius 2 is 1.69 bits per heavy atom. The molecule has 3 aromatic rings. The van der Waals surface area contributed by atoms with Crippen molar-refractivity contribution < 1.29 is 14.3 Å². The molecule has 2 amide bonds. The number of halogens is 1. The maximum atomic E-state index is 13.7. The predicted molar refractivity (Wildman–Crippen MR) is 142 cm³/mol. The molecular formula is C29H32ClN3O3. The van der Waals surface area contributed by atoms with Gasteiger partial charge in [0.05, 0.1) is 16.6 Å². The molecule has 7 heteroatoms. The molecule has 188 valence electrons. The SMILES string of the molecule is CN1CCCCCCN(C(=O)c2ccc(Cl)cn2)[C@@H](Cc2ccccc2)COc2ccccc2C1=O. The van der Waals surface area contributed by atoms with E-state index in [1.807, 2.05) is 48.3 Å². The van der Waals surface area contributed by atoms with E-state index in [9.17, 15) is 9.59 Å². The van der Waals surface area contributed by atoms with Gasteiger partial charge in [-0.2, -0.15) is 0 Å². The molecular weight excluding hydrogens is 474 g/mol. The zero-order valence-corrected chi connectivity index (χ0v) is 21.4. The third-order valence-corrected chi connectivity index (χ3v) is 6.72. The summed E-state index contributed by atoms with van der Waals surface area (Å²) in [6, 6.07) is 20.5. The molecule has 0 radical (unpaired) electrons. The van der Waals surface area contributed by atoms with Crippen LogP contribution < -0.4 is 4.74 Å². The van der Waals surface area contributed by atoms with Gasteiger partial charge in [0.2, 0.25) is 0 Å². The first-order valence-electron chi connectivity index (χ1n) is 12.5. The van der Waals surface area contributed by atoms with E-state index in [2.05, 4.69) is 17.1 Å². The summed E-state index contributed by atoms with van der Waals surface area (Å²) in [5.41, 5.74) is 2.00. The lowest BCUT2D eigenvalue weighted by Crippen LogP contribution is -2.46. The van der Waals surface area contributed by atoms with Gasteiger partial charge in [0.1, 0.15) is 18.1 Å². The highest BCUT2D eigenvalue weighted by atomic mass is 35.5. The van der Waals surface area contributed by atoms with Crippen molar-refractivity contribution in [2.24, 2.45) is 0 Å². The van der Waals surface area contributed by atoms with Crippen molar-refractivity contribution in [2.75, 3.05) is 26.7 Å². The molecule has 1 atom stereocenters. The molecule has 1 aromatic heterocycles. The Balaban J connectivity index is 1.68. The van der Waals surface area contributed by atoms with E-state index < -0.39 is 0 Å². The minimum absolute atomic E-state index is 0.0550. The molecule has 1 aliphatic rings. The molecule has 0 saturated heterocycles. The Kier molecular flexibility index (Phi) is 8.95. The maximum absolute atomic E-state index is 13.7. The summed E-state index contributed by atoms with van der Waals surface area (Å²) in [4.78, 5) is 34.8. The number of aromatic nitrogens is 1. The van der Waals surface area contributed by atoms with Gasteiger partial charge in [0, 0.05) is 26.3 Å². The standard InChI is InChI=1S/C29H32ClN3O3/c1-32-17-9-2-3-10-18-33(29(35)26-16-15-23(30)20-31-26)24(19-22-11-5-4-6-12-22)21-36-27-14-8-7-13-25(27)28(32)34/h4-8,11-16,20,24H,2-3,9-10,17-19,21H2,1H3/t24-/m0/s1. The number of rotatable bonds is 3. The lowest BCUT2D eigenvalue weighted by atomic mass is 10.0. The van der Waals surface area contributed by atoms with Crippen LogP contribution >= 0.6 is 11.6 Å². The summed E-state index contributed by atoms with van der Waals surface area (Å²) >= 11 is 6.02. The van der Waals surface area contributed by atoms with Gasteiger partial charge in [0.25, 0.3) is 11.8 Å². The van der Waals surface area contributed by atoms with Crippen LogP contribution in [0.3, 0.4) is 0 Å². The van der Waals surface area contributed by atoms with Crippen molar-refractivity contribution in [1.29, 1.82) is 0 Å². The summed E-state index contributed by atoms with van der Waals surface area (Å²) in [7, 11) is 1.84. The minimum Gasteiger partial charge on any atom is -0.491 e. The number of ether oxygens (including phenoxy) is 1. The molecule has 0 unspecified atom stereocenters. The average molecular weight is 506 g/mol. The Morgan fingerprint density at radius 1 is 0.972 bits per heavy atom. The predicted octanol–water partition coefficient (Wildman–Crippen LogP) is 5.51. The lowest BCUT2D eigenvalue weighted by molar-refractivity contribution is 0.0594. The van der Waals surface area contributed by atoms with E-state index >= 15 is 0 Å². The second kappa shape index (κ2) is 12.5. The zero-order chi connectivity index (χ0) is 25.3. The molecule has 4 rings (SSSR count). The average Bonchev–Trinajstić information content (AvgIpc) is 2.90. The van der Waals surface area contributed by atoms with Gasteiger partial charge in [-0.05, 0) is 49.1 Å². The summed E-state index contributed by atoms with van der Waals surface area (Å²) < 4.78 is 6.29. The van der Waals surface area contributed by atoms with E-state index in [1.54, 1.807) is 23.1 Å². The van der Waals surface area contributed by atoms with Crippen molar-refractivity contribution in [3.63, 3.8) is 0 Å². The number of fused-ring (bicyclic) bond motifs is 1. The number of pyridine rings is 1. The Morgan fingerprint density at radius 3 is 2.44 bits per heavy atom. The first-order chi connectivity index (χ1) is 17.5. The summed E-state index contributed by atoms with van der Waals surface area (Å²) in [5, 5.41) is 0.489. The first-order valence-corrected chi connectivity index (χ1v) is 12.8. The number of para-hydroxylation sites is 1. The van der Waals surface area contributed by atoms with E-state index in [1.165, 1.54) is 6.20 Å². The highest BCUT2D eigenvalue weighted by molar-refractivity contribution is 6.30. The Bertz CT molecular complexity index is 1150. The normalized spacial score (nSPS) is 17.6. The number of nitrogens with zero attached hydrogens (tertiary/aromatic N) is 3. The summed E-state index contributed by atoms with van der Waals surface area (Å²) in [5.74, 6) is 0.328. The van der Waals surface area contributed by atoms with Crippen LogP contribution in [0.4, 0.5) is 0 Å². The van der Waals surface area contributed by atoms with E-state index in [0.29, 0.717) is 41.5 Å². The molecule has 0 aliphatic carbocycles. The van der Waals surface area contributed by atoms with E-state index in [0.717, 1.165) is 31.2 Å². The van der Waals surface area contributed by atoms with E-state index in [-0.39, 0.29) is 24.5 Å². The highest BCUT2D eigenvalue weighted by Crippen LogP contribution is 2.23. The zero-order valence-electron chi connectivity index (χ0n) is 20.6. The van der Waals surface area contributed by atoms with Gasteiger partial charge in [0.15, 0.2) is 0 Å². The number of hydrogen-bond acceptors (Lipinski definition) is 4. The van der Waals surface area contributed by atoms with Crippen molar-refractivity contribution in [1.82, 2.24) is 14.8 Å². The molecule has 2 aromatic carbocycles. The molecule has 0 N–H and O–H groups in total. The van der Waals surface area contributed by atoms with Crippen LogP contribution in [-0.4, -0.2) is 59.4 Å². The Labute approximate surface area is 217 Å². The largest absolute Gasteiger partial charge is 0.491 e. The number of amides is 2. The highest BCUT2D eigenvalue weighted by Gasteiger charge is 2.27. The second-order valence-electron chi connectivity index (χ2n) is 9.15. The third-order valence-electron chi connectivity index (χ3n) is 6.50. The van der Waals surface area contributed by atoms with Crippen LogP contribution in [0, 0.1) is 0 Å². The Hall–Kier alpha value is -3.38.